The van der Waals surface area contributed by atoms with E-state index in [0.717, 1.165) is 18.6 Å². The van der Waals surface area contributed by atoms with Gasteiger partial charge >= 0.3 is 5.97 Å². The third kappa shape index (κ3) is 4.00. The highest BCUT2D eigenvalue weighted by molar-refractivity contribution is 6.04. The van der Waals surface area contributed by atoms with Gasteiger partial charge in [-0.2, -0.15) is 0 Å². The van der Waals surface area contributed by atoms with Crippen LogP contribution in [0.3, 0.4) is 0 Å². The van der Waals surface area contributed by atoms with Crippen molar-refractivity contribution in [3.05, 3.63) is 65.2 Å². The van der Waals surface area contributed by atoms with Gasteiger partial charge in [-0.3, -0.25) is 9.59 Å². The van der Waals surface area contributed by atoms with E-state index in [2.05, 4.69) is 5.32 Å². The highest BCUT2D eigenvalue weighted by Gasteiger charge is 2.18. The molecule has 3 rings (SSSR count). The van der Waals surface area contributed by atoms with Gasteiger partial charge in [0.2, 0.25) is 0 Å². The van der Waals surface area contributed by atoms with Gasteiger partial charge < -0.3 is 15.2 Å². The average molecular weight is 325 g/mol. The van der Waals surface area contributed by atoms with Crippen molar-refractivity contribution in [1.82, 2.24) is 0 Å². The minimum absolute atomic E-state index is 0.0280. The third-order valence-corrected chi connectivity index (χ3v) is 4.12. The number of carboxylic acids is 1. The van der Waals surface area contributed by atoms with Gasteiger partial charge in [0.25, 0.3) is 5.91 Å². The Morgan fingerprint density at radius 3 is 2.62 bits per heavy atom. The number of anilines is 1. The number of hydrogen-bond acceptors (Lipinski definition) is 3. The minimum atomic E-state index is -0.875. The number of aliphatic carboxylic acids is 1. The zero-order valence-electron chi connectivity index (χ0n) is 13.2. The number of benzene rings is 2. The quantitative estimate of drug-likeness (QED) is 0.886. The lowest BCUT2D eigenvalue weighted by Gasteiger charge is -2.11. The van der Waals surface area contributed by atoms with Crippen molar-refractivity contribution >= 4 is 17.6 Å². The summed E-state index contributed by atoms with van der Waals surface area (Å²) >= 11 is 0. The summed E-state index contributed by atoms with van der Waals surface area (Å²) in [4.78, 5) is 23.1. The van der Waals surface area contributed by atoms with Crippen molar-refractivity contribution in [2.24, 2.45) is 0 Å². The van der Waals surface area contributed by atoms with E-state index in [4.69, 9.17) is 9.84 Å². The number of carbonyl (C=O) groups excluding carboxylic acids is 1. The van der Waals surface area contributed by atoms with Crippen LogP contribution in [-0.2, 0) is 16.0 Å². The van der Waals surface area contributed by atoms with Gasteiger partial charge in [-0.05, 0) is 41.8 Å². The Morgan fingerprint density at radius 2 is 1.96 bits per heavy atom. The Hall–Kier alpha value is -2.66. The second-order valence-electron chi connectivity index (χ2n) is 5.91. The summed E-state index contributed by atoms with van der Waals surface area (Å²) < 4.78 is 5.40. The SMILES string of the molecule is O=C(O)Cc1ccc(NC(=O)c2cccc([C@H]3CCOC3)c2)cc1. The van der Waals surface area contributed by atoms with E-state index >= 15 is 0 Å². The molecule has 2 aromatic carbocycles. The number of nitrogens with one attached hydrogen (secondary N) is 1. The molecule has 0 aromatic heterocycles. The molecule has 1 amide bonds. The molecule has 0 saturated carbocycles. The predicted octanol–water partition coefficient (Wildman–Crippen LogP) is 3.07. The molecule has 24 heavy (non-hydrogen) atoms. The highest BCUT2D eigenvalue weighted by Crippen LogP contribution is 2.26. The summed E-state index contributed by atoms with van der Waals surface area (Å²) in [5.41, 5.74) is 3.07. The van der Waals surface area contributed by atoms with Crippen molar-refractivity contribution in [2.75, 3.05) is 18.5 Å². The molecule has 0 aliphatic carbocycles. The number of amides is 1. The van der Waals surface area contributed by atoms with E-state index in [1.807, 2.05) is 18.2 Å². The molecule has 1 atom stereocenters. The molecular formula is C19H19NO4. The van der Waals surface area contributed by atoms with E-state index < -0.39 is 5.97 Å². The lowest BCUT2D eigenvalue weighted by Crippen LogP contribution is -2.12. The van der Waals surface area contributed by atoms with E-state index in [9.17, 15) is 9.59 Å². The number of carbonyl (C=O) groups is 2. The second-order valence-corrected chi connectivity index (χ2v) is 5.91. The minimum Gasteiger partial charge on any atom is -0.481 e. The molecule has 1 heterocycles. The third-order valence-electron chi connectivity index (χ3n) is 4.12. The Bertz CT molecular complexity index is 733. The molecule has 1 saturated heterocycles. The molecule has 2 N–H and O–H groups in total. The maximum Gasteiger partial charge on any atom is 0.307 e. The van der Waals surface area contributed by atoms with Crippen molar-refractivity contribution in [1.29, 1.82) is 0 Å². The van der Waals surface area contributed by atoms with Crippen LogP contribution in [0.2, 0.25) is 0 Å². The number of carboxylic acid groups (broad SMARTS) is 1. The molecule has 1 aliphatic rings. The van der Waals surface area contributed by atoms with Gasteiger partial charge in [0.15, 0.2) is 0 Å². The Balaban J connectivity index is 1.68. The van der Waals surface area contributed by atoms with Gasteiger partial charge in [-0.25, -0.2) is 0 Å². The van der Waals surface area contributed by atoms with Crippen LogP contribution in [0.5, 0.6) is 0 Å². The largest absolute Gasteiger partial charge is 0.481 e. The van der Waals surface area contributed by atoms with Crippen LogP contribution in [0.1, 0.15) is 33.8 Å². The van der Waals surface area contributed by atoms with E-state index in [-0.39, 0.29) is 12.3 Å². The maximum absolute atomic E-state index is 12.4. The average Bonchev–Trinajstić information content (AvgIpc) is 3.11. The van der Waals surface area contributed by atoms with Crippen molar-refractivity contribution in [3.8, 4) is 0 Å². The number of rotatable bonds is 5. The first-order valence-electron chi connectivity index (χ1n) is 7.91. The monoisotopic (exact) mass is 325 g/mol. The normalized spacial score (nSPS) is 16.8. The predicted molar refractivity (Wildman–Crippen MR) is 90.4 cm³/mol. The van der Waals surface area contributed by atoms with Crippen LogP contribution in [-0.4, -0.2) is 30.2 Å². The zero-order valence-corrected chi connectivity index (χ0v) is 13.2. The van der Waals surface area contributed by atoms with Gasteiger partial charge in [0.1, 0.15) is 0 Å². The fourth-order valence-electron chi connectivity index (χ4n) is 2.82. The van der Waals surface area contributed by atoms with E-state index in [1.165, 1.54) is 0 Å². The number of hydrogen-bond donors (Lipinski definition) is 2. The van der Waals surface area contributed by atoms with E-state index in [1.54, 1.807) is 30.3 Å². The van der Waals surface area contributed by atoms with Crippen molar-refractivity contribution in [3.63, 3.8) is 0 Å². The summed E-state index contributed by atoms with van der Waals surface area (Å²) in [7, 11) is 0. The fraction of sp³-hybridized carbons (Fsp3) is 0.263. The fourth-order valence-corrected chi connectivity index (χ4v) is 2.82. The van der Waals surface area contributed by atoms with Crippen molar-refractivity contribution < 1.29 is 19.4 Å². The smallest absolute Gasteiger partial charge is 0.307 e. The van der Waals surface area contributed by atoms with Crippen LogP contribution in [0.25, 0.3) is 0 Å². The molecule has 5 nitrogen and oxygen atoms in total. The van der Waals surface area contributed by atoms with Gasteiger partial charge in [-0.15, -0.1) is 0 Å². The summed E-state index contributed by atoms with van der Waals surface area (Å²) in [5.74, 6) is -0.700. The van der Waals surface area contributed by atoms with Crippen LogP contribution in [0, 0.1) is 0 Å². The summed E-state index contributed by atoms with van der Waals surface area (Å²) in [6.07, 6.45) is 0.954. The molecular weight excluding hydrogens is 306 g/mol. The maximum atomic E-state index is 12.4. The van der Waals surface area contributed by atoms with Gasteiger partial charge in [0.05, 0.1) is 13.0 Å². The Labute approximate surface area is 140 Å². The molecule has 0 bridgehead atoms. The molecule has 1 aliphatic heterocycles. The summed E-state index contributed by atoms with van der Waals surface area (Å²) in [6.45, 7) is 1.47. The first-order chi connectivity index (χ1) is 11.6. The van der Waals surface area contributed by atoms with Crippen LogP contribution in [0.15, 0.2) is 48.5 Å². The highest BCUT2D eigenvalue weighted by atomic mass is 16.5. The molecule has 2 aromatic rings. The number of ether oxygens (including phenoxy) is 1. The van der Waals surface area contributed by atoms with Crippen molar-refractivity contribution in [2.45, 2.75) is 18.8 Å². The summed E-state index contributed by atoms with van der Waals surface area (Å²) in [5, 5.41) is 11.6. The lowest BCUT2D eigenvalue weighted by atomic mass is 9.96. The van der Waals surface area contributed by atoms with Crippen LogP contribution >= 0.6 is 0 Å². The summed E-state index contributed by atoms with van der Waals surface area (Å²) in [6, 6.07) is 14.4. The molecule has 124 valence electrons. The standard InChI is InChI=1S/C19H19NO4/c21-18(22)10-13-4-6-17(7-5-13)20-19(23)15-3-1-2-14(11-15)16-8-9-24-12-16/h1-7,11,16H,8-10,12H2,(H,20,23)(H,21,22)/t16-/m0/s1. The van der Waals surface area contributed by atoms with Gasteiger partial charge in [-0.1, -0.05) is 24.3 Å². The van der Waals surface area contributed by atoms with Crippen LogP contribution in [0.4, 0.5) is 5.69 Å². The van der Waals surface area contributed by atoms with E-state index in [0.29, 0.717) is 29.3 Å². The Morgan fingerprint density at radius 1 is 1.17 bits per heavy atom. The first-order valence-corrected chi connectivity index (χ1v) is 7.91. The topological polar surface area (TPSA) is 75.6 Å². The van der Waals surface area contributed by atoms with Crippen LogP contribution < -0.4 is 5.32 Å². The zero-order chi connectivity index (χ0) is 16.9. The molecule has 0 spiro atoms. The van der Waals surface area contributed by atoms with Gasteiger partial charge in [0, 0.05) is 23.8 Å². The molecule has 1 fully saturated rings. The first kappa shape index (κ1) is 16.2. The lowest BCUT2D eigenvalue weighted by molar-refractivity contribution is -0.136. The molecule has 5 heteroatoms. The molecule has 0 unspecified atom stereocenters. The second kappa shape index (κ2) is 7.27. The Kier molecular flexibility index (Phi) is 4.91. The molecule has 0 radical (unpaired) electrons.